The maximum absolute atomic E-state index is 3.40. The van der Waals surface area contributed by atoms with E-state index in [0.717, 1.165) is 0 Å². The second-order valence-corrected chi connectivity index (χ2v) is 5.21. The lowest BCUT2D eigenvalue weighted by atomic mass is 10.0. The molecule has 0 aliphatic carbocycles. The largest absolute Gasteiger partial charge is 0.312 e. The van der Waals surface area contributed by atoms with Crippen LogP contribution >= 0.6 is 11.3 Å². The molecular weight excluding hydrogens is 226 g/mol. The molecule has 0 fully saturated rings. The first-order valence-electron chi connectivity index (χ1n) is 6.15. The van der Waals surface area contributed by atoms with Crippen LogP contribution in [0, 0.1) is 0 Å². The fraction of sp³-hybridized carbons (Fsp3) is 0.333. The Morgan fingerprint density at radius 3 is 2.59 bits per heavy atom. The molecule has 0 saturated carbocycles. The van der Waals surface area contributed by atoms with Crippen molar-refractivity contribution in [3.05, 3.63) is 58.3 Å². The van der Waals surface area contributed by atoms with E-state index in [9.17, 15) is 0 Å². The molecule has 1 N–H and O–H groups in total. The Morgan fingerprint density at radius 1 is 1.12 bits per heavy atom. The van der Waals surface area contributed by atoms with E-state index >= 15 is 0 Å². The van der Waals surface area contributed by atoms with Gasteiger partial charge in [0.25, 0.3) is 0 Å². The molecule has 2 heteroatoms. The number of hydrogen-bond donors (Lipinski definition) is 1. The zero-order chi connectivity index (χ0) is 11.9. The van der Waals surface area contributed by atoms with Gasteiger partial charge >= 0.3 is 0 Å². The molecule has 0 bridgehead atoms. The van der Waals surface area contributed by atoms with Gasteiger partial charge in [0.1, 0.15) is 0 Å². The normalized spacial score (nSPS) is 12.5. The van der Waals surface area contributed by atoms with E-state index in [1.54, 1.807) is 0 Å². The van der Waals surface area contributed by atoms with E-state index in [1.165, 1.54) is 29.7 Å². The molecule has 1 unspecified atom stereocenters. The average molecular weight is 245 g/mol. The number of rotatable bonds is 6. The van der Waals surface area contributed by atoms with Crippen molar-refractivity contribution < 1.29 is 0 Å². The Morgan fingerprint density at radius 2 is 1.94 bits per heavy atom. The Balaban J connectivity index is 1.81. The highest BCUT2D eigenvalue weighted by molar-refractivity contribution is 7.10. The van der Waals surface area contributed by atoms with E-state index < -0.39 is 0 Å². The quantitative estimate of drug-likeness (QED) is 0.810. The van der Waals surface area contributed by atoms with Crippen LogP contribution in [0.25, 0.3) is 0 Å². The molecule has 1 nitrogen and oxygen atoms in total. The lowest BCUT2D eigenvalue weighted by molar-refractivity contribution is 0.535. The summed E-state index contributed by atoms with van der Waals surface area (Å²) in [6.45, 7) is 0. The van der Waals surface area contributed by atoms with Crippen molar-refractivity contribution in [2.45, 2.75) is 25.3 Å². The molecule has 1 atom stereocenters. The number of nitrogens with one attached hydrogen (secondary N) is 1. The third-order valence-corrected chi connectivity index (χ3v) is 4.02. The van der Waals surface area contributed by atoms with E-state index in [2.05, 4.69) is 53.2 Å². The van der Waals surface area contributed by atoms with Crippen LogP contribution in [0.4, 0.5) is 0 Å². The van der Waals surface area contributed by atoms with Gasteiger partial charge in [-0.15, -0.1) is 11.3 Å². The molecule has 90 valence electrons. The zero-order valence-corrected chi connectivity index (χ0v) is 11.0. The van der Waals surface area contributed by atoms with Crippen LogP contribution < -0.4 is 5.32 Å². The first kappa shape index (κ1) is 12.3. The van der Waals surface area contributed by atoms with Crippen molar-refractivity contribution in [3.63, 3.8) is 0 Å². The van der Waals surface area contributed by atoms with Gasteiger partial charge in [0, 0.05) is 10.9 Å². The third kappa shape index (κ3) is 3.69. The topological polar surface area (TPSA) is 12.0 Å². The smallest absolute Gasteiger partial charge is 0.0412 e. The molecular formula is C15H19NS. The summed E-state index contributed by atoms with van der Waals surface area (Å²) in [4.78, 5) is 1.44. The Hall–Kier alpha value is -1.12. The van der Waals surface area contributed by atoms with Crippen molar-refractivity contribution >= 4 is 11.3 Å². The van der Waals surface area contributed by atoms with Gasteiger partial charge in [0.15, 0.2) is 0 Å². The highest BCUT2D eigenvalue weighted by atomic mass is 32.1. The van der Waals surface area contributed by atoms with Crippen molar-refractivity contribution in [3.8, 4) is 0 Å². The van der Waals surface area contributed by atoms with E-state index in [1.807, 2.05) is 18.4 Å². The molecule has 1 aromatic heterocycles. The van der Waals surface area contributed by atoms with Crippen molar-refractivity contribution in [2.75, 3.05) is 7.05 Å². The number of thiophene rings is 1. The standard InChI is InChI=1S/C15H19NS/c1-16-14(15-11-6-12-17-15)10-5-9-13-7-3-2-4-8-13/h2-4,6-8,11-12,14,16H,5,9-10H2,1H3. The first-order valence-corrected chi connectivity index (χ1v) is 7.02. The minimum absolute atomic E-state index is 0.513. The van der Waals surface area contributed by atoms with Gasteiger partial charge in [0.05, 0.1) is 0 Å². The Bertz CT molecular complexity index is 408. The fourth-order valence-electron chi connectivity index (χ4n) is 2.07. The zero-order valence-electron chi connectivity index (χ0n) is 10.2. The Kier molecular flexibility index (Phi) is 4.77. The second kappa shape index (κ2) is 6.58. The molecule has 0 saturated heterocycles. The van der Waals surface area contributed by atoms with Gasteiger partial charge < -0.3 is 5.32 Å². The van der Waals surface area contributed by atoms with Gasteiger partial charge in [-0.3, -0.25) is 0 Å². The predicted molar refractivity (Wildman–Crippen MR) is 75.5 cm³/mol. The molecule has 0 spiro atoms. The van der Waals surface area contributed by atoms with Crippen molar-refractivity contribution in [2.24, 2.45) is 0 Å². The summed E-state index contributed by atoms with van der Waals surface area (Å²) in [7, 11) is 2.05. The van der Waals surface area contributed by atoms with Crippen LogP contribution in [0.3, 0.4) is 0 Å². The molecule has 2 rings (SSSR count). The van der Waals surface area contributed by atoms with E-state index in [-0.39, 0.29) is 0 Å². The molecule has 1 aromatic carbocycles. The first-order chi connectivity index (χ1) is 8.40. The average Bonchev–Trinajstić information content (AvgIpc) is 2.90. The number of aryl methyl sites for hydroxylation is 1. The molecule has 2 aromatic rings. The summed E-state index contributed by atoms with van der Waals surface area (Å²) in [6.07, 6.45) is 3.60. The van der Waals surface area contributed by atoms with E-state index in [0.29, 0.717) is 6.04 Å². The second-order valence-electron chi connectivity index (χ2n) is 4.23. The minimum atomic E-state index is 0.513. The summed E-state index contributed by atoms with van der Waals surface area (Å²) in [5, 5.41) is 5.55. The number of hydrogen-bond acceptors (Lipinski definition) is 2. The Labute approximate surface area is 108 Å². The van der Waals surface area contributed by atoms with Crippen LogP contribution in [0.5, 0.6) is 0 Å². The van der Waals surface area contributed by atoms with Crippen LogP contribution in [-0.4, -0.2) is 7.05 Å². The highest BCUT2D eigenvalue weighted by Gasteiger charge is 2.09. The molecule has 0 aliphatic rings. The predicted octanol–water partition coefficient (Wildman–Crippen LogP) is 4.03. The highest BCUT2D eigenvalue weighted by Crippen LogP contribution is 2.23. The molecule has 0 amide bonds. The molecule has 1 heterocycles. The molecule has 0 aliphatic heterocycles. The lowest BCUT2D eigenvalue weighted by Crippen LogP contribution is -2.15. The van der Waals surface area contributed by atoms with Gasteiger partial charge in [-0.25, -0.2) is 0 Å². The maximum Gasteiger partial charge on any atom is 0.0412 e. The summed E-state index contributed by atoms with van der Waals surface area (Å²) >= 11 is 1.84. The summed E-state index contributed by atoms with van der Waals surface area (Å²) in [6, 6.07) is 15.6. The summed E-state index contributed by atoms with van der Waals surface area (Å²) in [5.41, 5.74) is 1.44. The summed E-state index contributed by atoms with van der Waals surface area (Å²) in [5.74, 6) is 0. The fourth-order valence-corrected chi connectivity index (χ4v) is 2.94. The third-order valence-electron chi connectivity index (χ3n) is 3.04. The van der Waals surface area contributed by atoms with Gasteiger partial charge in [-0.1, -0.05) is 36.4 Å². The monoisotopic (exact) mass is 245 g/mol. The van der Waals surface area contributed by atoms with Gasteiger partial charge in [-0.05, 0) is 43.3 Å². The van der Waals surface area contributed by atoms with Gasteiger partial charge in [0.2, 0.25) is 0 Å². The van der Waals surface area contributed by atoms with Gasteiger partial charge in [-0.2, -0.15) is 0 Å². The van der Waals surface area contributed by atoms with Crippen molar-refractivity contribution in [1.29, 1.82) is 0 Å². The number of benzene rings is 1. The lowest BCUT2D eigenvalue weighted by Gasteiger charge is -2.14. The van der Waals surface area contributed by atoms with Crippen LogP contribution in [0.15, 0.2) is 47.8 Å². The maximum atomic E-state index is 3.40. The van der Waals surface area contributed by atoms with Crippen LogP contribution in [-0.2, 0) is 6.42 Å². The van der Waals surface area contributed by atoms with Crippen LogP contribution in [0.2, 0.25) is 0 Å². The van der Waals surface area contributed by atoms with Crippen molar-refractivity contribution in [1.82, 2.24) is 5.32 Å². The SMILES string of the molecule is CNC(CCCc1ccccc1)c1cccs1. The minimum Gasteiger partial charge on any atom is -0.312 e. The molecule has 17 heavy (non-hydrogen) atoms. The van der Waals surface area contributed by atoms with Crippen LogP contribution in [0.1, 0.15) is 29.3 Å². The summed E-state index contributed by atoms with van der Waals surface area (Å²) < 4.78 is 0. The van der Waals surface area contributed by atoms with E-state index in [4.69, 9.17) is 0 Å². The molecule has 0 radical (unpaired) electrons.